The van der Waals surface area contributed by atoms with Gasteiger partial charge in [-0.15, -0.1) is 5.92 Å². The molecular weight excluding hydrogens is 316 g/mol. The van der Waals surface area contributed by atoms with Crippen LogP contribution in [0, 0.1) is 46.8 Å². The summed E-state index contributed by atoms with van der Waals surface area (Å²) in [6.45, 7) is 13.3. The third-order valence-electron chi connectivity index (χ3n) is 8.87. The number of hydrogen-bond acceptors (Lipinski definition) is 1. The molecule has 0 saturated heterocycles. The van der Waals surface area contributed by atoms with Crippen LogP contribution in [0.4, 0.5) is 0 Å². The fraction of sp³-hybridized carbons (Fsp3) is 0.760. The summed E-state index contributed by atoms with van der Waals surface area (Å²) in [6, 6.07) is 0. The van der Waals surface area contributed by atoms with Gasteiger partial charge in [-0.25, -0.2) is 0 Å². The van der Waals surface area contributed by atoms with Gasteiger partial charge in [0.25, 0.3) is 0 Å². The molecule has 0 heterocycles. The molecular formula is C25H36O. The quantitative estimate of drug-likeness (QED) is 0.460. The van der Waals surface area contributed by atoms with Crippen LogP contribution >= 0.6 is 0 Å². The number of allylic oxidation sites excluding steroid dienone is 3. The molecule has 0 unspecified atom stereocenters. The van der Waals surface area contributed by atoms with E-state index in [2.05, 4.69) is 39.2 Å². The van der Waals surface area contributed by atoms with E-state index in [0.29, 0.717) is 11.8 Å². The first-order valence-electron chi connectivity index (χ1n) is 10.9. The van der Waals surface area contributed by atoms with Crippen LogP contribution in [0.15, 0.2) is 23.3 Å². The van der Waals surface area contributed by atoms with Gasteiger partial charge in [-0.2, -0.15) is 0 Å². The van der Waals surface area contributed by atoms with Gasteiger partial charge in [0.05, 0.1) is 0 Å². The van der Waals surface area contributed by atoms with Crippen LogP contribution in [0.1, 0.15) is 79.1 Å². The maximum absolute atomic E-state index is 11.8. The highest BCUT2D eigenvalue weighted by Crippen LogP contribution is 2.67. The van der Waals surface area contributed by atoms with E-state index in [4.69, 9.17) is 0 Å². The van der Waals surface area contributed by atoms with Crippen LogP contribution in [0.25, 0.3) is 0 Å². The summed E-state index contributed by atoms with van der Waals surface area (Å²) in [7, 11) is 0. The Morgan fingerprint density at radius 2 is 2.08 bits per heavy atom. The minimum Gasteiger partial charge on any atom is -0.377 e. The molecule has 0 aromatic rings. The Morgan fingerprint density at radius 3 is 2.77 bits per heavy atom. The van der Waals surface area contributed by atoms with Crippen LogP contribution in [-0.4, -0.2) is 10.7 Å². The van der Waals surface area contributed by atoms with Crippen LogP contribution in [0.2, 0.25) is 0 Å². The smallest absolute Gasteiger partial charge is 0.133 e. The van der Waals surface area contributed by atoms with Gasteiger partial charge in [0.2, 0.25) is 0 Å². The van der Waals surface area contributed by atoms with Gasteiger partial charge in [-0.1, -0.05) is 50.0 Å². The molecule has 4 aliphatic rings. The Balaban J connectivity index is 1.74. The largest absolute Gasteiger partial charge is 0.377 e. The highest BCUT2D eigenvalue weighted by molar-refractivity contribution is 5.35. The molecule has 0 radical (unpaired) electrons. The maximum Gasteiger partial charge on any atom is 0.133 e. The van der Waals surface area contributed by atoms with Crippen molar-refractivity contribution in [1.82, 2.24) is 0 Å². The highest BCUT2D eigenvalue weighted by Gasteiger charge is 2.65. The summed E-state index contributed by atoms with van der Waals surface area (Å²) < 4.78 is 0. The second-order valence-electron chi connectivity index (χ2n) is 9.97. The average Bonchev–Trinajstić information content (AvgIpc) is 2.82. The predicted molar refractivity (Wildman–Crippen MR) is 108 cm³/mol. The van der Waals surface area contributed by atoms with E-state index in [9.17, 15) is 5.11 Å². The molecule has 142 valence electrons. The molecule has 7 atom stereocenters. The minimum absolute atomic E-state index is 0.0392. The van der Waals surface area contributed by atoms with Gasteiger partial charge < -0.3 is 5.11 Å². The van der Waals surface area contributed by atoms with Crippen molar-refractivity contribution < 1.29 is 5.11 Å². The summed E-state index contributed by atoms with van der Waals surface area (Å²) in [5.41, 5.74) is 4.14. The van der Waals surface area contributed by atoms with Crippen molar-refractivity contribution >= 4 is 0 Å². The summed E-state index contributed by atoms with van der Waals surface area (Å²) in [4.78, 5) is 0. The molecule has 0 aromatic carbocycles. The number of hydrogen-bond donors (Lipinski definition) is 1. The van der Waals surface area contributed by atoms with Gasteiger partial charge in [-0.05, 0) is 87.9 Å². The zero-order valence-corrected chi connectivity index (χ0v) is 17.2. The summed E-state index contributed by atoms with van der Waals surface area (Å²) in [5, 5.41) is 11.8. The predicted octanol–water partition coefficient (Wildman–Crippen LogP) is 5.90. The fourth-order valence-electron chi connectivity index (χ4n) is 7.64. The lowest BCUT2D eigenvalue weighted by molar-refractivity contribution is -0.0929. The van der Waals surface area contributed by atoms with Crippen molar-refractivity contribution in [1.29, 1.82) is 0 Å². The second kappa shape index (κ2) is 6.27. The molecule has 0 spiro atoms. The monoisotopic (exact) mass is 352 g/mol. The minimum atomic E-state index is -0.790. The Kier molecular flexibility index (Phi) is 4.43. The standard InChI is InChI=1S/C25H36O/c1-6-11-25(26)19(7-2)15-22-23-17(4)14-18-13-16(3)8-9-20(18)21(23)10-12-24(22,25)5/h17,19,21-23,26H,3,7-10,12-15H2,1-2,4-5H3/t17-,19-,21-,22+,23-,24+,25+/m1/s1. The summed E-state index contributed by atoms with van der Waals surface area (Å²) >= 11 is 0. The molecule has 26 heavy (non-hydrogen) atoms. The van der Waals surface area contributed by atoms with E-state index in [1.807, 2.05) is 6.92 Å². The van der Waals surface area contributed by atoms with Crippen molar-refractivity contribution in [3.8, 4) is 11.8 Å². The van der Waals surface area contributed by atoms with Gasteiger partial charge in [0.1, 0.15) is 5.60 Å². The molecule has 2 saturated carbocycles. The number of rotatable bonds is 1. The lowest BCUT2D eigenvalue weighted by Crippen LogP contribution is -2.53. The van der Waals surface area contributed by atoms with Gasteiger partial charge in [-0.3, -0.25) is 0 Å². The molecule has 1 nitrogen and oxygen atoms in total. The maximum atomic E-state index is 11.8. The first-order chi connectivity index (χ1) is 12.4. The lowest BCUT2D eigenvalue weighted by atomic mass is 9.50. The highest BCUT2D eigenvalue weighted by atomic mass is 16.3. The molecule has 0 bridgehead atoms. The van der Waals surface area contributed by atoms with Crippen LogP contribution in [0.5, 0.6) is 0 Å². The molecule has 1 N–H and O–H groups in total. The SMILES string of the molecule is C=C1CCC2=C(C1)C[C@@H](C)[C@@H]1[C@@H]2CC[C@@]2(C)[C@H]1C[C@@H](CC)[C@@]2(O)C#CC. The van der Waals surface area contributed by atoms with Crippen LogP contribution in [-0.2, 0) is 0 Å². The number of aliphatic hydroxyl groups is 1. The topological polar surface area (TPSA) is 20.2 Å². The second-order valence-corrected chi connectivity index (χ2v) is 9.97. The van der Waals surface area contributed by atoms with E-state index < -0.39 is 5.60 Å². The third kappa shape index (κ3) is 2.34. The van der Waals surface area contributed by atoms with Crippen molar-refractivity contribution in [2.24, 2.45) is 35.0 Å². The van der Waals surface area contributed by atoms with Crippen molar-refractivity contribution in [3.05, 3.63) is 23.3 Å². The zero-order chi connectivity index (χ0) is 18.7. The van der Waals surface area contributed by atoms with Crippen molar-refractivity contribution in [2.45, 2.75) is 84.7 Å². The molecule has 0 aliphatic heterocycles. The first kappa shape index (κ1) is 18.4. The van der Waals surface area contributed by atoms with Crippen molar-refractivity contribution in [3.63, 3.8) is 0 Å². The summed E-state index contributed by atoms with van der Waals surface area (Å²) in [5.74, 6) is 9.57. The Labute approximate surface area is 160 Å². The van der Waals surface area contributed by atoms with E-state index in [0.717, 1.165) is 37.0 Å². The van der Waals surface area contributed by atoms with E-state index in [-0.39, 0.29) is 5.41 Å². The zero-order valence-electron chi connectivity index (χ0n) is 17.2. The van der Waals surface area contributed by atoms with Gasteiger partial charge >= 0.3 is 0 Å². The van der Waals surface area contributed by atoms with E-state index in [1.54, 1.807) is 11.1 Å². The van der Waals surface area contributed by atoms with Crippen LogP contribution < -0.4 is 0 Å². The van der Waals surface area contributed by atoms with Gasteiger partial charge in [0, 0.05) is 5.41 Å². The normalized spacial score (nSPS) is 47.6. The first-order valence-corrected chi connectivity index (χ1v) is 10.9. The summed E-state index contributed by atoms with van der Waals surface area (Å²) in [6.07, 6.45) is 9.45. The molecule has 1 heteroatoms. The molecule has 0 amide bonds. The average molecular weight is 353 g/mol. The Morgan fingerprint density at radius 1 is 1.31 bits per heavy atom. The van der Waals surface area contributed by atoms with Crippen molar-refractivity contribution in [2.75, 3.05) is 0 Å². The molecule has 4 aliphatic carbocycles. The lowest BCUT2D eigenvalue weighted by Gasteiger charge is -2.55. The molecule has 4 rings (SSSR count). The molecule has 0 aromatic heterocycles. The number of fused-ring (bicyclic) bond motifs is 4. The van der Waals surface area contributed by atoms with Crippen LogP contribution in [0.3, 0.4) is 0 Å². The Bertz CT molecular complexity index is 703. The van der Waals surface area contributed by atoms with E-state index in [1.165, 1.54) is 37.7 Å². The molecule has 2 fully saturated rings. The van der Waals surface area contributed by atoms with E-state index >= 15 is 0 Å². The van der Waals surface area contributed by atoms with Gasteiger partial charge in [0.15, 0.2) is 0 Å². The third-order valence-corrected chi connectivity index (χ3v) is 8.87. The Hall–Kier alpha value is -1.00. The fourth-order valence-corrected chi connectivity index (χ4v) is 7.64.